The zero-order chi connectivity index (χ0) is 16.9. The molecular formula is C19H18FNO3. The molecule has 0 fully saturated rings. The predicted octanol–water partition coefficient (Wildman–Crippen LogP) is 2.79. The third-order valence-corrected chi connectivity index (χ3v) is 4.10. The first kappa shape index (κ1) is 16.2. The number of esters is 1. The number of nitrogens with one attached hydrogen (secondary N) is 1. The van der Waals surface area contributed by atoms with E-state index in [-0.39, 0.29) is 19.0 Å². The van der Waals surface area contributed by atoms with Crippen molar-refractivity contribution >= 4 is 11.9 Å². The monoisotopic (exact) mass is 327 g/mol. The second-order valence-electron chi connectivity index (χ2n) is 5.78. The average Bonchev–Trinajstić information content (AvgIpc) is 3.06. The van der Waals surface area contributed by atoms with Crippen molar-refractivity contribution in [3.63, 3.8) is 0 Å². The van der Waals surface area contributed by atoms with Crippen LogP contribution in [0.5, 0.6) is 0 Å². The number of benzene rings is 2. The van der Waals surface area contributed by atoms with Gasteiger partial charge in [-0.2, -0.15) is 0 Å². The van der Waals surface area contributed by atoms with E-state index < -0.39 is 11.9 Å². The van der Waals surface area contributed by atoms with Crippen molar-refractivity contribution in [2.45, 2.75) is 25.8 Å². The Kier molecular flexibility index (Phi) is 4.89. The number of aryl methyl sites for hydroxylation is 2. The van der Waals surface area contributed by atoms with E-state index in [0.717, 1.165) is 19.3 Å². The van der Waals surface area contributed by atoms with Gasteiger partial charge in [-0.15, -0.1) is 0 Å². The van der Waals surface area contributed by atoms with E-state index in [1.807, 2.05) is 12.1 Å². The summed E-state index contributed by atoms with van der Waals surface area (Å²) in [5.41, 5.74) is 3.29. The van der Waals surface area contributed by atoms with Gasteiger partial charge in [-0.05, 0) is 48.6 Å². The Hall–Kier alpha value is -2.69. The number of rotatable bonds is 5. The van der Waals surface area contributed by atoms with E-state index in [4.69, 9.17) is 4.74 Å². The van der Waals surface area contributed by atoms with Crippen LogP contribution in [0.15, 0.2) is 42.5 Å². The molecule has 3 rings (SSSR count). The van der Waals surface area contributed by atoms with Crippen LogP contribution in [0.2, 0.25) is 0 Å². The summed E-state index contributed by atoms with van der Waals surface area (Å²) < 4.78 is 18.5. The third kappa shape index (κ3) is 3.79. The summed E-state index contributed by atoms with van der Waals surface area (Å²) in [5.74, 6) is -1.37. The predicted molar refractivity (Wildman–Crippen MR) is 87.0 cm³/mol. The molecule has 124 valence electrons. The van der Waals surface area contributed by atoms with Crippen molar-refractivity contribution in [3.8, 4) is 0 Å². The van der Waals surface area contributed by atoms with Gasteiger partial charge in [0.1, 0.15) is 5.82 Å². The van der Waals surface area contributed by atoms with Crippen LogP contribution in [0.25, 0.3) is 0 Å². The Bertz CT molecular complexity index is 773. The first-order valence-corrected chi connectivity index (χ1v) is 7.92. The molecule has 0 spiro atoms. The zero-order valence-corrected chi connectivity index (χ0v) is 13.2. The van der Waals surface area contributed by atoms with Crippen molar-refractivity contribution in [2.24, 2.45) is 0 Å². The number of amides is 1. The fraction of sp³-hybridized carbons (Fsp3) is 0.263. The maximum Gasteiger partial charge on any atom is 0.338 e. The second kappa shape index (κ2) is 7.25. The molecule has 1 amide bonds. The summed E-state index contributed by atoms with van der Waals surface area (Å²) >= 11 is 0. The lowest BCUT2D eigenvalue weighted by molar-refractivity contribution is -0.124. The van der Waals surface area contributed by atoms with Crippen molar-refractivity contribution in [2.75, 3.05) is 6.61 Å². The number of fused-ring (bicyclic) bond motifs is 1. The molecule has 0 saturated carbocycles. The van der Waals surface area contributed by atoms with Gasteiger partial charge in [0.2, 0.25) is 0 Å². The molecule has 4 nitrogen and oxygen atoms in total. The standard InChI is InChI=1S/C19H18FNO3/c20-17-7-2-1-4-16(17)11-21-18(22)12-24-19(23)15-9-8-13-5-3-6-14(13)10-15/h1-2,4,7-10H,3,5-6,11-12H2,(H,21,22). The minimum absolute atomic E-state index is 0.0574. The van der Waals surface area contributed by atoms with E-state index in [9.17, 15) is 14.0 Å². The smallest absolute Gasteiger partial charge is 0.338 e. The topological polar surface area (TPSA) is 55.4 Å². The van der Waals surface area contributed by atoms with Crippen LogP contribution in [0.1, 0.15) is 33.5 Å². The maximum absolute atomic E-state index is 13.4. The Morgan fingerprint density at radius 2 is 1.88 bits per heavy atom. The first-order valence-electron chi connectivity index (χ1n) is 7.92. The number of carbonyl (C=O) groups excluding carboxylic acids is 2. The minimum Gasteiger partial charge on any atom is -0.452 e. The molecule has 0 heterocycles. The molecule has 24 heavy (non-hydrogen) atoms. The van der Waals surface area contributed by atoms with E-state index in [1.165, 1.54) is 17.2 Å². The Morgan fingerprint density at radius 1 is 1.08 bits per heavy atom. The van der Waals surface area contributed by atoms with Crippen LogP contribution in [-0.4, -0.2) is 18.5 Å². The molecular weight excluding hydrogens is 309 g/mol. The van der Waals surface area contributed by atoms with Gasteiger partial charge in [0, 0.05) is 12.1 Å². The Balaban J connectivity index is 1.49. The molecule has 1 aliphatic carbocycles. The van der Waals surface area contributed by atoms with Gasteiger partial charge in [0.25, 0.3) is 5.91 Å². The second-order valence-corrected chi connectivity index (χ2v) is 5.78. The molecule has 0 unspecified atom stereocenters. The highest BCUT2D eigenvalue weighted by Crippen LogP contribution is 2.23. The van der Waals surface area contributed by atoms with Crippen LogP contribution in [0.3, 0.4) is 0 Å². The summed E-state index contributed by atoms with van der Waals surface area (Å²) in [6.07, 6.45) is 3.12. The molecule has 0 aliphatic heterocycles. The molecule has 0 saturated heterocycles. The van der Waals surface area contributed by atoms with E-state index >= 15 is 0 Å². The molecule has 0 radical (unpaired) electrons. The van der Waals surface area contributed by atoms with Gasteiger partial charge in [-0.1, -0.05) is 24.3 Å². The van der Waals surface area contributed by atoms with E-state index in [1.54, 1.807) is 24.3 Å². The van der Waals surface area contributed by atoms with Gasteiger partial charge < -0.3 is 10.1 Å². The summed E-state index contributed by atoms with van der Waals surface area (Å²) in [4.78, 5) is 23.8. The maximum atomic E-state index is 13.4. The van der Waals surface area contributed by atoms with Gasteiger partial charge in [0.15, 0.2) is 6.61 Å². The van der Waals surface area contributed by atoms with Gasteiger partial charge in [0.05, 0.1) is 5.56 Å². The van der Waals surface area contributed by atoms with Crippen LogP contribution in [0, 0.1) is 5.82 Å². The highest BCUT2D eigenvalue weighted by atomic mass is 19.1. The molecule has 1 N–H and O–H groups in total. The van der Waals surface area contributed by atoms with Crippen molar-refractivity contribution in [1.29, 1.82) is 0 Å². The molecule has 0 bridgehead atoms. The lowest BCUT2D eigenvalue weighted by Crippen LogP contribution is -2.28. The van der Waals surface area contributed by atoms with Crippen molar-refractivity contribution in [1.82, 2.24) is 5.32 Å². The SMILES string of the molecule is O=C(COC(=O)c1ccc2c(c1)CCC2)NCc1ccccc1F. The largest absolute Gasteiger partial charge is 0.452 e. The Labute approximate surface area is 139 Å². The van der Waals surface area contributed by atoms with Crippen molar-refractivity contribution < 1.29 is 18.7 Å². The molecule has 1 aliphatic rings. The summed E-state index contributed by atoms with van der Waals surface area (Å²) in [5, 5.41) is 2.53. The molecule has 0 atom stereocenters. The Morgan fingerprint density at radius 3 is 2.71 bits per heavy atom. The van der Waals surface area contributed by atoms with Gasteiger partial charge in [-0.25, -0.2) is 9.18 Å². The molecule has 2 aromatic carbocycles. The van der Waals surface area contributed by atoms with Gasteiger partial charge in [-0.3, -0.25) is 4.79 Å². The lowest BCUT2D eigenvalue weighted by Gasteiger charge is -2.08. The van der Waals surface area contributed by atoms with E-state index in [2.05, 4.69) is 5.32 Å². The first-order chi connectivity index (χ1) is 11.6. The summed E-state index contributed by atoms with van der Waals surface area (Å²) in [7, 11) is 0. The highest BCUT2D eigenvalue weighted by Gasteiger charge is 2.15. The normalized spacial score (nSPS) is 12.5. The average molecular weight is 327 g/mol. The summed E-state index contributed by atoms with van der Waals surface area (Å²) in [6, 6.07) is 11.7. The molecule has 5 heteroatoms. The van der Waals surface area contributed by atoms with Crippen molar-refractivity contribution in [3.05, 3.63) is 70.5 Å². The number of carbonyl (C=O) groups is 2. The molecule has 2 aromatic rings. The highest BCUT2D eigenvalue weighted by molar-refractivity contribution is 5.91. The zero-order valence-electron chi connectivity index (χ0n) is 13.2. The fourth-order valence-electron chi connectivity index (χ4n) is 2.80. The fourth-order valence-corrected chi connectivity index (χ4v) is 2.80. The minimum atomic E-state index is -0.522. The number of halogens is 1. The third-order valence-electron chi connectivity index (χ3n) is 4.10. The number of ether oxygens (including phenoxy) is 1. The number of hydrogen-bond donors (Lipinski definition) is 1. The summed E-state index contributed by atoms with van der Waals surface area (Å²) in [6.45, 7) is -0.327. The lowest BCUT2D eigenvalue weighted by atomic mass is 10.1. The quantitative estimate of drug-likeness (QED) is 0.859. The van der Waals surface area contributed by atoms with Crippen LogP contribution in [0.4, 0.5) is 4.39 Å². The van der Waals surface area contributed by atoms with Crippen LogP contribution in [-0.2, 0) is 28.9 Å². The number of hydrogen-bond acceptors (Lipinski definition) is 3. The van der Waals surface area contributed by atoms with Crippen LogP contribution < -0.4 is 5.32 Å². The molecule has 0 aromatic heterocycles. The van der Waals surface area contributed by atoms with E-state index in [0.29, 0.717) is 11.1 Å². The van der Waals surface area contributed by atoms with Crippen LogP contribution >= 0.6 is 0 Å². The van der Waals surface area contributed by atoms with Gasteiger partial charge >= 0.3 is 5.97 Å².